The van der Waals surface area contributed by atoms with Gasteiger partial charge in [0.15, 0.2) is 0 Å². The molecule has 0 saturated carbocycles. The summed E-state index contributed by atoms with van der Waals surface area (Å²) in [6, 6.07) is 12.0. The zero-order valence-corrected chi connectivity index (χ0v) is 14.2. The normalized spacial score (nSPS) is 14.5. The lowest BCUT2D eigenvalue weighted by Crippen LogP contribution is -2.30. The van der Waals surface area contributed by atoms with Crippen molar-refractivity contribution in [1.82, 2.24) is 0 Å². The third kappa shape index (κ3) is 4.26. The molecule has 0 aromatic heterocycles. The summed E-state index contributed by atoms with van der Waals surface area (Å²) in [7, 11) is 0. The van der Waals surface area contributed by atoms with Crippen molar-refractivity contribution in [2.75, 3.05) is 23.3 Å². The van der Waals surface area contributed by atoms with E-state index in [-0.39, 0.29) is 18.1 Å². The second kappa shape index (κ2) is 7.67. The van der Waals surface area contributed by atoms with E-state index in [0.29, 0.717) is 16.4 Å². The van der Waals surface area contributed by atoms with Crippen molar-refractivity contribution in [3.63, 3.8) is 0 Å². The maximum Gasteiger partial charge on any atom is 0.228 e. The number of piperidine rings is 1. The molecule has 24 heavy (non-hydrogen) atoms. The van der Waals surface area contributed by atoms with Crippen LogP contribution in [0, 0.1) is 5.82 Å². The molecule has 0 bridgehead atoms. The summed E-state index contributed by atoms with van der Waals surface area (Å²) in [6.45, 7) is 1.78. The highest BCUT2D eigenvalue weighted by molar-refractivity contribution is 6.30. The molecule has 1 heterocycles. The molecule has 1 aliphatic heterocycles. The van der Waals surface area contributed by atoms with Crippen molar-refractivity contribution >= 4 is 28.9 Å². The van der Waals surface area contributed by atoms with Crippen LogP contribution in [0.1, 0.15) is 24.8 Å². The minimum Gasteiger partial charge on any atom is -0.369 e. The molecule has 0 aliphatic carbocycles. The number of carbonyl (C=O) groups excluding carboxylic acids is 1. The zero-order valence-electron chi connectivity index (χ0n) is 13.4. The number of hydrogen-bond acceptors (Lipinski definition) is 2. The van der Waals surface area contributed by atoms with Gasteiger partial charge in [0.2, 0.25) is 5.91 Å². The van der Waals surface area contributed by atoms with Crippen molar-refractivity contribution in [2.24, 2.45) is 0 Å². The second-order valence-electron chi connectivity index (χ2n) is 6.07. The molecule has 2 aromatic rings. The number of benzene rings is 2. The van der Waals surface area contributed by atoms with Crippen molar-refractivity contribution in [3.05, 3.63) is 58.9 Å². The molecule has 1 aliphatic rings. The Kier molecular flexibility index (Phi) is 5.36. The van der Waals surface area contributed by atoms with Crippen molar-refractivity contribution < 1.29 is 9.18 Å². The van der Waals surface area contributed by atoms with Gasteiger partial charge in [-0.3, -0.25) is 4.79 Å². The first-order chi connectivity index (χ1) is 11.6. The lowest BCUT2D eigenvalue weighted by Gasteiger charge is -2.29. The van der Waals surface area contributed by atoms with Crippen LogP contribution in [-0.2, 0) is 11.2 Å². The lowest BCUT2D eigenvalue weighted by molar-refractivity contribution is -0.115. The highest BCUT2D eigenvalue weighted by Gasteiger charge is 2.15. The smallest absolute Gasteiger partial charge is 0.228 e. The molecule has 1 fully saturated rings. The van der Waals surface area contributed by atoms with Crippen LogP contribution in [0.5, 0.6) is 0 Å². The van der Waals surface area contributed by atoms with Gasteiger partial charge in [0.05, 0.1) is 12.1 Å². The minimum absolute atomic E-state index is 0.178. The number of anilines is 2. The number of nitrogens with one attached hydrogen (secondary N) is 1. The number of nitrogens with zero attached hydrogens (tertiary/aromatic N) is 1. The van der Waals surface area contributed by atoms with Gasteiger partial charge in [-0.15, -0.1) is 0 Å². The fourth-order valence-corrected chi connectivity index (χ4v) is 3.09. The van der Waals surface area contributed by atoms with E-state index < -0.39 is 0 Å². The van der Waals surface area contributed by atoms with E-state index in [2.05, 4.69) is 10.2 Å². The van der Waals surface area contributed by atoms with E-state index in [1.807, 2.05) is 12.1 Å². The Hall–Kier alpha value is -2.07. The molecule has 2 aromatic carbocycles. The molecule has 1 amide bonds. The predicted molar refractivity (Wildman–Crippen MR) is 96.2 cm³/mol. The van der Waals surface area contributed by atoms with E-state index in [4.69, 9.17) is 11.6 Å². The van der Waals surface area contributed by atoms with Crippen molar-refractivity contribution in [1.29, 1.82) is 0 Å². The number of halogens is 2. The fourth-order valence-electron chi connectivity index (χ4n) is 2.97. The van der Waals surface area contributed by atoms with Crippen LogP contribution in [0.4, 0.5) is 15.8 Å². The summed E-state index contributed by atoms with van der Waals surface area (Å²) in [6.07, 6.45) is 3.63. The summed E-state index contributed by atoms with van der Waals surface area (Å²) in [4.78, 5) is 14.2. The van der Waals surface area contributed by atoms with E-state index in [9.17, 15) is 9.18 Å². The second-order valence-corrected chi connectivity index (χ2v) is 6.50. The average Bonchev–Trinajstić information content (AvgIpc) is 2.58. The first kappa shape index (κ1) is 16.8. The van der Waals surface area contributed by atoms with E-state index in [1.165, 1.54) is 12.5 Å². The molecule has 0 atom stereocenters. The van der Waals surface area contributed by atoms with Gasteiger partial charge in [0, 0.05) is 23.8 Å². The topological polar surface area (TPSA) is 32.3 Å². The molecule has 1 saturated heterocycles. The van der Waals surface area contributed by atoms with Crippen LogP contribution in [-0.4, -0.2) is 19.0 Å². The summed E-state index contributed by atoms with van der Waals surface area (Å²) >= 11 is 5.83. The number of hydrogen-bond donors (Lipinski definition) is 1. The molecule has 0 radical (unpaired) electrons. The van der Waals surface area contributed by atoms with Crippen LogP contribution in [0.3, 0.4) is 0 Å². The van der Waals surface area contributed by atoms with E-state index in [0.717, 1.165) is 31.5 Å². The molecule has 0 spiro atoms. The van der Waals surface area contributed by atoms with E-state index in [1.54, 1.807) is 24.3 Å². The van der Waals surface area contributed by atoms with Gasteiger partial charge in [0.1, 0.15) is 5.82 Å². The van der Waals surface area contributed by atoms with Crippen LogP contribution in [0.15, 0.2) is 42.5 Å². The standard InChI is InChI=1S/C19H20ClFN2O/c20-15-6-4-14(5-7-15)12-19(24)22-16-8-9-18(17(21)13-16)23-10-2-1-3-11-23/h4-9,13H,1-3,10-12H2,(H,22,24). The first-order valence-electron chi connectivity index (χ1n) is 8.20. The highest BCUT2D eigenvalue weighted by Crippen LogP contribution is 2.25. The number of amides is 1. The fraction of sp³-hybridized carbons (Fsp3) is 0.316. The van der Waals surface area contributed by atoms with E-state index >= 15 is 0 Å². The molecular formula is C19H20ClFN2O. The summed E-state index contributed by atoms with van der Waals surface area (Å²) in [5, 5.41) is 3.38. The monoisotopic (exact) mass is 346 g/mol. The van der Waals surface area contributed by atoms with Gasteiger partial charge in [0.25, 0.3) is 0 Å². The quantitative estimate of drug-likeness (QED) is 0.873. The summed E-state index contributed by atoms with van der Waals surface area (Å²) < 4.78 is 14.3. The minimum atomic E-state index is -0.291. The van der Waals surface area contributed by atoms with Crippen LogP contribution < -0.4 is 10.2 Å². The lowest BCUT2D eigenvalue weighted by atomic mass is 10.1. The number of carbonyl (C=O) groups is 1. The Bertz CT molecular complexity index is 712. The van der Waals surface area contributed by atoms with Gasteiger partial charge < -0.3 is 10.2 Å². The summed E-state index contributed by atoms with van der Waals surface area (Å²) in [5.41, 5.74) is 1.96. The molecule has 126 valence electrons. The van der Waals surface area contributed by atoms with Crippen LogP contribution in [0.25, 0.3) is 0 Å². The Morgan fingerprint density at radius 1 is 1.08 bits per heavy atom. The maximum atomic E-state index is 14.3. The molecule has 0 unspecified atom stereocenters. The van der Waals surface area contributed by atoms with Crippen molar-refractivity contribution in [2.45, 2.75) is 25.7 Å². The molecule has 5 heteroatoms. The van der Waals surface area contributed by atoms with Gasteiger partial charge in [-0.2, -0.15) is 0 Å². The Labute approximate surface area is 146 Å². The average molecular weight is 347 g/mol. The third-order valence-corrected chi connectivity index (χ3v) is 4.46. The Morgan fingerprint density at radius 3 is 2.46 bits per heavy atom. The molecule has 3 rings (SSSR count). The molecular weight excluding hydrogens is 327 g/mol. The van der Waals surface area contributed by atoms with Gasteiger partial charge in [-0.05, 0) is 55.2 Å². The third-order valence-electron chi connectivity index (χ3n) is 4.21. The SMILES string of the molecule is O=C(Cc1ccc(Cl)cc1)Nc1ccc(N2CCCCC2)c(F)c1. The Balaban J connectivity index is 1.63. The van der Waals surface area contributed by atoms with Crippen LogP contribution in [0.2, 0.25) is 5.02 Å². The molecule has 3 nitrogen and oxygen atoms in total. The van der Waals surface area contributed by atoms with Gasteiger partial charge in [-0.1, -0.05) is 23.7 Å². The first-order valence-corrected chi connectivity index (χ1v) is 8.58. The van der Waals surface area contributed by atoms with Crippen LogP contribution >= 0.6 is 11.6 Å². The summed E-state index contributed by atoms with van der Waals surface area (Å²) in [5.74, 6) is -0.469. The van der Waals surface area contributed by atoms with Crippen molar-refractivity contribution in [3.8, 4) is 0 Å². The Morgan fingerprint density at radius 2 is 1.79 bits per heavy atom. The maximum absolute atomic E-state index is 14.3. The largest absolute Gasteiger partial charge is 0.369 e. The van der Waals surface area contributed by atoms with Gasteiger partial charge in [-0.25, -0.2) is 4.39 Å². The highest BCUT2D eigenvalue weighted by atomic mass is 35.5. The van der Waals surface area contributed by atoms with Gasteiger partial charge >= 0.3 is 0 Å². The number of rotatable bonds is 4. The zero-order chi connectivity index (χ0) is 16.9. The predicted octanol–water partition coefficient (Wildman–Crippen LogP) is 4.65. The molecule has 1 N–H and O–H groups in total.